The maximum absolute atomic E-state index is 12.0. The topological polar surface area (TPSA) is 96.9 Å². The molecule has 7 nitrogen and oxygen atoms in total. The van der Waals surface area contributed by atoms with Crippen LogP contribution in [0.1, 0.15) is 38.1 Å². The molecule has 0 aliphatic carbocycles. The monoisotopic (exact) mass is 319 g/mol. The zero-order valence-electron chi connectivity index (χ0n) is 13.7. The minimum absolute atomic E-state index is 0.185. The van der Waals surface area contributed by atoms with Gasteiger partial charge in [-0.25, -0.2) is 5.43 Å². The number of hydrogen-bond acceptors (Lipinski definition) is 5. The molecule has 7 heteroatoms. The minimum Gasteiger partial charge on any atom is -0.465 e. The first-order valence-electron chi connectivity index (χ1n) is 7.24. The van der Waals surface area contributed by atoms with Crippen molar-refractivity contribution in [2.75, 3.05) is 11.9 Å². The summed E-state index contributed by atoms with van der Waals surface area (Å²) in [4.78, 5) is 34.5. The van der Waals surface area contributed by atoms with E-state index in [2.05, 4.69) is 15.8 Å². The smallest absolute Gasteiger partial charge is 0.314 e. The molecule has 0 saturated heterocycles. The molecule has 0 aromatic heterocycles. The average Bonchev–Trinajstić information content (AvgIpc) is 2.51. The van der Waals surface area contributed by atoms with Crippen molar-refractivity contribution < 1.29 is 19.1 Å². The van der Waals surface area contributed by atoms with Crippen LogP contribution >= 0.6 is 0 Å². The molecule has 0 spiro atoms. The summed E-state index contributed by atoms with van der Waals surface area (Å²) in [6.07, 6.45) is 0. The number of amides is 2. The molecule has 1 aromatic carbocycles. The van der Waals surface area contributed by atoms with E-state index in [1.807, 2.05) is 0 Å². The summed E-state index contributed by atoms with van der Waals surface area (Å²) in [6.45, 7) is 6.72. The first-order chi connectivity index (χ1) is 10.8. The van der Waals surface area contributed by atoms with Gasteiger partial charge in [-0.1, -0.05) is 0 Å². The maximum atomic E-state index is 12.0. The van der Waals surface area contributed by atoms with E-state index in [1.54, 1.807) is 45.0 Å². The summed E-state index contributed by atoms with van der Waals surface area (Å²) in [6, 6.07) is 6.38. The molecule has 0 fully saturated rings. The maximum Gasteiger partial charge on any atom is 0.314 e. The Bertz CT molecular complexity index is 608. The van der Waals surface area contributed by atoms with Gasteiger partial charge in [0.2, 0.25) is 5.91 Å². The van der Waals surface area contributed by atoms with Crippen LogP contribution in [-0.4, -0.2) is 30.1 Å². The lowest BCUT2D eigenvalue weighted by molar-refractivity contribution is -0.145. The highest BCUT2D eigenvalue weighted by Crippen LogP contribution is 2.09. The van der Waals surface area contributed by atoms with Gasteiger partial charge < -0.3 is 10.1 Å². The molecular formula is C16H21N3O4. The number of hydrazone groups is 1. The summed E-state index contributed by atoms with van der Waals surface area (Å²) >= 11 is 0. The van der Waals surface area contributed by atoms with Crippen LogP contribution in [0.15, 0.2) is 29.4 Å². The Kier molecular flexibility index (Phi) is 6.92. The van der Waals surface area contributed by atoms with Gasteiger partial charge in [0.15, 0.2) is 0 Å². The summed E-state index contributed by atoms with van der Waals surface area (Å²) in [7, 11) is 0. The average molecular weight is 319 g/mol. The molecule has 1 unspecified atom stereocenters. The second-order valence-electron chi connectivity index (χ2n) is 4.93. The number of benzene rings is 1. The molecule has 0 radical (unpaired) electrons. The second-order valence-corrected chi connectivity index (χ2v) is 4.93. The van der Waals surface area contributed by atoms with Gasteiger partial charge in [-0.3, -0.25) is 14.4 Å². The SMILES string of the molecule is CCOC(=O)C(C)/C(C)=N/NC(=O)c1ccc(NC(C)=O)cc1. The van der Waals surface area contributed by atoms with Gasteiger partial charge in [0.05, 0.1) is 12.5 Å². The first-order valence-corrected chi connectivity index (χ1v) is 7.24. The van der Waals surface area contributed by atoms with Crippen LogP contribution in [-0.2, 0) is 14.3 Å². The van der Waals surface area contributed by atoms with Crippen molar-refractivity contribution in [3.63, 3.8) is 0 Å². The van der Waals surface area contributed by atoms with Gasteiger partial charge in [-0.2, -0.15) is 5.10 Å². The third-order valence-corrected chi connectivity index (χ3v) is 3.07. The number of hydrogen-bond donors (Lipinski definition) is 2. The lowest BCUT2D eigenvalue weighted by Crippen LogP contribution is -2.25. The van der Waals surface area contributed by atoms with E-state index >= 15 is 0 Å². The highest BCUT2D eigenvalue weighted by Gasteiger charge is 2.17. The van der Waals surface area contributed by atoms with Crippen LogP contribution in [0, 0.1) is 5.92 Å². The van der Waals surface area contributed by atoms with Gasteiger partial charge in [0, 0.05) is 23.9 Å². The largest absolute Gasteiger partial charge is 0.465 e. The molecule has 1 rings (SSSR count). The Morgan fingerprint density at radius 1 is 1.17 bits per heavy atom. The molecule has 2 amide bonds. The Labute approximate surface area is 135 Å². The molecule has 0 bridgehead atoms. The van der Waals surface area contributed by atoms with E-state index in [0.717, 1.165) is 0 Å². The van der Waals surface area contributed by atoms with E-state index in [9.17, 15) is 14.4 Å². The van der Waals surface area contributed by atoms with Crippen molar-refractivity contribution in [2.24, 2.45) is 11.0 Å². The van der Waals surface area contributed by atoms with E-state index < -0.39 is 11.8 Å². The molecule has 124 valence electrons. The number of nitrogens with zero attached hydrogens (tertiary/aromatic N) is 1. The van der Waals surface area contributed by atoms with Crippen LogP contribution in [0.4, 0.5) is 5.69 Å². The van der Waals surface area contributed by atoms with Gasteiger partial charge >= 0.3 is 5.97 Å². The lowest BCUT2D eigenvalue weighted by Gasteiger charge is -2.10. The number of ether oxygens (including phenoxy) is 1. The molecular weight excluding hydrogens is 298 g/mol. The van der Waals surface area contributed by atoms with Crippen molar-refractivity contribution >= 4 is 29.2 Å². The van der Waals surface area contributed by atoms with Crippen molar-refractivity contribution in [1.29, 1.82) is 0 Å². The van der Waals surface area contributed by atoms with Gasteiger partial charge in [-0.05, 0) is 45.0 Å². The molecule has 1 atom stereocenters. The summed E-state index contributed by atoms with van der Waals surface area (Å²) < 4.78 is 4.89. The first kappa shape index (κ1) is 18.3. The number of esters is 1. The minimum atomic E-state index is -0.530. The normalized spacial score (nSPS) is 12.3. The second kappa shape index (κ2) is 8.67. The third-order valence-electron chi connectivity index (χ3n) is 3.07. The molecule has 23 heavy (non-hydrogen) atoms. The highest BCUT2D eigenvalue weighted by molar-refractivity contribution is 6.02. The quantitative estimate of drug-likeness (QED) is 0.476. The molecule has 0 heterocycles. The predicted molar refractivity (Wildman–Crippen MR) is 87.1 cm³/mol. The number of rotatable bonds is 6. The van der Waals surface area contributed by atoms with Crippen LogP contribution in [0.3, 0.4) is 0 Å². The van der Waals surface area contributed by atoms with Crippen molar-refractivity contribution in [2.45, 2.75) is 27.7 Å². The van der Waals surface area contributed by atoms with E-state index in [1.165, 1.54) is 6.92 Å². The third kappa shape index (κ3) is 5.90. The summed E-state index contributed by atoms with van der Waals surface area (Å²) in [5, 5.41) is 6.53. The molecule has 0 aliphatic heterocycles. The fraction of sp³-hybridized carbons (Fsp3) is 0.375. The molecule has 0 aliphatic rings. The number of carbonyl (C=O) groups is 3. The van der Waals surface area contributed by atoms with E-state index in [0.29, 0.717) is 23.6 Å². The molecule has 1 aromatic rings. The van der Waals surface area contributed by atoms with Gasteiger partial charge in [-0.15, -0.1) is 0 Å². The van der Waals surface area contributed by atoms with Gasteiger partial charge in [0.1, 0.15) is 0 Å². The van der Waals surface area contributed by atoms with Crippen molar-refractivity contribution in [3.8, 4) is 0 Å². The van der Waals surface area contributed by atoms with Gasteiger partial charge in [0.25, 0.3) is 5.91 Å². The summed E-state index contributed by atoms with van der Waals surface area (Å²) in [5.74, 6) is -1.51. The van der Waals surface area contributed by atoms with Crippen molar-refractivity contribution in [3.05, 3.63) is 29.8 Å². The van der Waals surface area contributed by atoms with Crippen LogP contribution < -0.4 is 10.7 Å². The number of carbonyl (C=O) groups excluding carboxylic acids is 3. The number of nitrogens with one attached hydrogen (secondary N) is 2. The Morgan fingerprint density at radius 3 is 2.30 bits per heavy atom. The zero-order chi connectivity index (χ0) is 17.4. The van der Waals surface area contributed by atoms with Crippen LogP contribution in [0.25, 0.3) is 0 Å². The van der Waals surface area contributed by atoms with Crippen LogP contribution in [0.5, 0.6) is 0 Å². The fourth-order valence-corrected chi connectivity index (χ4v) is 1.65. The summed E-state index contributed by atoms with van der Waals surface area (Å²) in [5.41, 5.74) is 3.83. The predicted octanol–water partition coefficient (Wildman–Crippen LogP) is 1.95. The van der Waals surface area contributed by atoms with Crippen molar-refractivity contribution in [1.82, 2.24) is 5.43 Å². The zero-order valence-corrected chi connectivity index (χ0v) is 13.7. The molecule has 0 saturated carbocycles. The van der Waals surface area contributed by atoms with E-state index in [-0.39, 0.29) is 11.9 Å². The highest BCUT2D eigenvalue weighted by atomic mass is 16.5. The standard InChI is InChI=1S/C16H21N3O4/c1-5-23-16(22)10(2)11(3)18-19-15(21)13-6-8-14(9-7-13)17-12(4)20/h6-10H,5H2,1-4H3,(H,17,20)(H,19,21)/b18-11+. The molecule has 2 N–H and O–H groups in total. The Balaban J connectivity index is 2.66. The number of anilines is 1. The Hall–Kier alpha value is -2.70. The fourth-order valence-electron chi connectivity index (χ4n) is 1.65. The Morgan fingerprint density at radius 2 is 1.78 bits per heavy atom. The van der Waals surface area contributed by atoms with E-state index in [4.69, 9.17) is 4.74 Å². The lowest BCUT2D eigenvalue weighted by atomic mass is 10.1. The van der Waals surface area contributed by atoms with Crippen LogP contribution in [0.2, 0.25) is 0 Å².